The van der Waals surface area contributed by atoms with Crippen molar-refractivity contribution in [1.29, 1.82) is 0 Å². The van der Waals surface area contributed by atoms with E-state index in [-0.39, 0.29) is 5.92 Å². The molecule has 1 saturated heterocycles. The van der Waals surface area contributed by atoms with Crippen LogP contribution < -0.4 is 0 Å². The Balaban J connectivity index is 2.07. The van der Waals surface area contributed by atoms with Crippen LogP contribution in [0.25, 0.3) is 0 Å². The summed E-state index contributed by atoms with van der Waals surface area (Å²) in [6.45, 7) is 2.94. The number of rotatable bonds is 0. The van der Waals surface area contributed by atoms with Gasteiger partial charge in [0.2, 0.25) is 5.91 Å². The van der Waals surface area contributed by atoms with Crippen LogP contribution in [0.5, 0.6) is 0 Å². The number of nitrogens with zero attached hydrogens (tertiary/aromatic N) is 1. The topological polar surface area (TPSA) is 20.3 Å². The number of fused-ring (bicyclic) bond motifs is 3. The van der Waals surface area contributed by atoms with E-state index in [2.05, 4.69) is 24.3 Å². The number of amides is 1. The first-order valence-electron chi connectivity index (χ1n) is 5.17. The lowest BCUT2D eigenvalue weighted by Crippen LogP contribution is -2.56. The second kappa shape index (κ2) is 2.59. The fraction of sp³-hybridized carbons (Fsp3) is 0.417. The highest BCUT2D eigenvalue weighted by Crippen LogP contribution is 2.43. The van der Waals surface area contributed by atoms with Gasteiger partial charge in [0.1, 0.15) is 0 Å². The van der Waals surface area contributed by atoms with Gasteiger partial charge in [-0.3, -0.25) is 4.79 Å². The summed E-state index contributed by atoms with van der Waals surface area (Å²) in [4.78, 5) is 13.5. The van der Waals surface area contributed by atoms with Crippen LogP contribution in [0.4, 0.5) is 0 Å². The van der Waals surface area contributed by atoms with Gasteiger partial charge >= 0.3 is 0 Å². The first-order chi connectivity index (χ1) is 6.79. The van der Waals surface area contributed by atoms with Crippen molar-refractivity contribution in [3.8, 4) is 0 Å². The molecule has 1 fully saturated rings. The molecule has 0 N–H and O–H groups in total. The minimum absolute atomic E-state index is 0.191. The van der Waals surface area contributed by atoms with Crippen LogP contribution in [0, 0.1) is 5.92 Å². The quantitative estimate of drug-likeness (QED) is 0.567. The molecule has 1 amide bonds. The molecule has 1 aromatic rings. The number of carbonyl (C=O) groups is 1. The second-order valence-corrected chi connectivity index (χ2v) is 4.21. The number of hydrogen-bond acceptors (Lipinski definition) is 1. The van der Waals surface area contributed by atoms with Crippen molar-refractivity contribution >= 4 is 5.91 Å². The average molecular weight is 187 g/mol. The molecule has 0 saturated carbocycles. The Kier molecular flexibility index (Phi) is 1.49. The van der Waals surface area contributed by atoms with E-state index in [4.69, 9.17) is 0 Å². The van der Waals surface area contributed by atoms with Crippen LogP contribution in [-0.2, 0) is 11.2 Å². The number of β-lactam (4-membered cyclic amide) rings is 1. The second-order valence-electron chi connectivity index (χ2n) is 4.21. The molecule has 3 rings (SSSR count). The van der Waals surface area contributed by atoms with E-state index in [9.17, 15) is 4.79 Å². The van der Waals surface area contributed by atoms with Crippen molar-refractivity contribution < 1.29 is 4.79 Å². The van der Waals surface area contributed by atoms with Crippen LogP contribution in [0.15, 0.2) is 24.3 Å². The van der Waals surface area contributed by atoms with Gasteiger partial charge < -0.3 is 4.90 Å². The first kappa shape index (κ1) is 8.04. The van der Waals surface area contributed by atoms with Crippen molar-refractivity contribution in [2.24, 2.45) is 5.92 Å². The van der Waals surface area contributed by atoms with E-state index in [0.717, 1.165) is 13.0 Å². The summed E-state index contributed by atoms with van der Waals surface area (Å²) >= 11 is 0. The number of hydrogen-bond donors (Lipinski definition) is 0. The zero-order valence-corrected chi connectivity index (χ0v) is 8.23. The monoisotopic (exact) mass is 187 g/mol. The predicted molar refractivity (Wildman–Crippen MR) is 53.8 cm³/mol. The molecule has 2 atom stereocenters. The Bertz CT molecular complexity index is 399. The maximum absolute atomic E-state index is 11.5. The van der Waals surface area contributed by atoms with E-state index >= 15 is 0 Å². The van der Waals surface area contributed by atoms with Crippen LogP contribution in [0.3, 0.4) is 0 Å². The smallest absolute Gasteiger partial charge is 0.228 e. The summed E-state index contributed by atoms with van der Waals surface area (Å²) in [5, 5.41) is 0. The molecule has 2 heterocycles. The van der Waals surface area contributed by atoms with Gasteiger partial charge in [-0.2, -0.15) is 0 Å². The molecule has 2 nitrogen and oxygen atoms in total. The van der Waals surface area contributed by atoms with Crippen molar-refractivity contribution in [3.05, 3.63) is 35.4 Å². The van der Waals surface area contributed by atoms with E-state index < -0.39 is 0 Å². The fourth-order valence-corrected chi connectivity index (χ4v) is 2.70. The van der Waals surface area contributed by atoms with Crippen molar-refractivity contribution in [2.75, 3.05) is 6.54 Å². The van der Waals surface area contributed by atoms with Gasteiger partial charge in [-0.05, 0) is 17.5 Å². The summed E-state index contributed by atoms with van der Waals surface area (Å²) in [6.07, 6.45) is 1.02. The summed E-state index contributed by atoms with van der Waals surface area (Å²) in [6, 6.07) is 8.86. The first-order valence-corrected chi connectivity index (χ1v) is 5.17. The zero-order chi connectivity index (χ0) is 9.71. The van der Waals surface area contributed by atoms with Gasteiger partial charge in [0.25, 0.3) is 0 Å². The fourth-order valence-electron chi connectivity index (χ4n) is 2.70. The van der Waals surface area contributed by atoms with E-state index in [1.54, 1.807) is 0 Å². The van der Waals surface area contributed by atoms with Gasteiger partial charge in [0, 0.05) is 6.54 Å². The van der Waals surface area contributed by atoms with Crippen LogP contribution in [0.1, 0.15) is 24.1 Å². The average Bonchev–Trinajstić information content (AvgIpc) is 2.26. The Morgan fingerprint density at radius 1 is 1.36 bits per heavy atom. The molecule has 0 bridgehead atoms. The largest absolute Gasteiger partial charge is 0.334 e. The lowest BCUT2D eigenvalue weighted by Gasteiger charge is -2.49. The Morgan fingerprint density at radius 2 is 2.14 bits per heavy atom. The lowest BCUT2D eigenvalue weighted by atomic mass is 9.78. The third-order valence-corrected chi connectivity index (χ3v) is 3.48. The number of carbonyl (C=O) groups excluding carboxylic acids is 1. The highest BCUT2D eigenvalue weighted by molar-refractivity contribution is 5.86. The molecule has 2 aliphatic rings. The molecule has 2 aliphatic heterocycles. The predicted octanol–water partition coefficient (Wildman–Crippen LogP) is 1.76. The maximum Gasteiger partial charge on any atom is 0.228 e. The molecule has 2 heteroatoms. The van der Waals surface area contributed by atoms with Gasteiger partial charge in [-0.25, -0.2) is 0 Å². The van der Waals surface area contributed by atoms with Crippen molar-refractivity contribution in [2.45, 2.75) is 19.4 Å². The van der Waals surface area contributed by atoms with Crippen molar-refractivity contribution in [1.82, 2.24) is 4.90 Å². The third-order valence-electron chi connectivity index (χ3n) is 3.48. The molecule has 0 radical (unpaired) electrons. The Morgan fingerprint density at radius 3 is 3.00 bits per heavy atom. The Labute approximate surface area is 83.5 Å². The van der Waals surface area contributed by atoms with Gasteiger partial charge in [-0.1, -0.05) is 31.2 Å². The van der Waals surface area contributed by atoms with Crippen molar-refractivity contribution in [3.63, 3.8) is 0 Å². The third kappa shape index (κ3) is 0.834. The maximum atomic E-state index is 11.5. The van der Waals surface area contributed by atoms with E-state index in [1.807, 2.05) is 11.8 Å². The highest BCUT2D eigenvalue weighted by Gasteiger charge is 2.47. The SMILES string of the molecule is CC1C(=O)N2CCc3ccccc3C12. The molecule has 0 aliphatic carbocycles. The minimum Gasteiger partial charge on any atom is -0.334 e. The van der Waals surface area contributed by atoms with Gasteiger partial charge in [0.05, 0.1) is 12.0 Å². The molecule has 0 spiro atoms. The van der Waals surface area contributed by atoms with E-state index in [0.29, 0.717) is 11.9 Å². The summed E-state index contributed by atoms with van der Waals surface area (Å²) < 4.78 is 0. The molecule has 0 aromatic heterocycles. The highest BCUT2D eigenvalue weighted by atomic mass is 16.2. The molecule has 2 unspecified atom stereocenters. The zero-order valence-electron chi connectivity index (χ0n) is 8.23. The molecular weight excluding hydrogens is 174 g/mol. The van der Waals surface area contributed by atoms with Crippen LogP contribution in [0.2, 0.25) is 0 Å². The van der Waals surface area contributed by atoms with E-state index in [1.165, 1.54) is 11.1 Å². The summed E-state index contributed by atoms with van der Waals surface area (Å²) in [5.41, 5.74) is 2.79. The summed E-state index contributed by atoms with van der Waals surface area (Å²) in [5.74, 6) is 0.515. The summed E-state index contributed by atoms with van der Waals surface area (Å²) in [7, 11) is 0. The van der Waals surface area contributed by atoms with Crippen LogP contribution in [-0.4, -0.2) is 17.4 Å². The van der Waals surface area contributed by atoms with Crippen LogP contribution >= 0.6 is 0 Å². The molecule has 72 valence electrons. The lowest BCUT2D eigenvalue weighted by molar-refractivity contribution is -0.156. The minimum atomic E-state index is 0.191. The number of benzene rings is 1. The molecule has 1 aromatic carbocycles. The molecular formula is C12H13NO. The Hall–Kier alpha value is -1.31. The standard InChI is InChI=1S/C12H13NO/c1-8-11-10-5-3-2-4-9(10)6-7-13(11)12(8)14/h2-5,8,11H,6-7H2,1H3. The van der Waals surface area contributed by atoms with Gasteiger partial charge in [0.15, 0.2) is 0 Å². The normalized spacial score (nSPS) is 29.2. The van der Waals surface area contributed by atoms with Gasteiger partial charge in [-0.15, -0.1) is 0 Å². The molecule has 14 heavy (non-hydrogen) atoms.